The van der Waals surface area contributed by atoms with Gasteiger partial charge in [-0.05, 0) is 6.92 Å². The molecule has 0 aromatic heterocycles. The fourth-order valence-corrected chi connectivity index (χ4v) is 11.6. The largest absolute Gasteiger partial charge is 1.00 e. The molecule has 8 N–H and O–H groups in total. The number of aliphatic hydroxyl groups excluding tert-OH is 6. The van der Waals surface area contributed by atoms with E-state index in [0.29, 0.717) is 42.0 Å². The van der Waals surface area contributed by atoms with Crippen LogP contribution in [0.4, 0.5) is 9.59 Å². The van der Waals surface area contributed by atoms with Crippen LogP contribution in [-0.2, 0) is 27.7 Å². The van der Waals surface area contributed by atoms with Crippen LogP contribution in [0.5, 0.6) is 0 Å². The molecule has 3 heterocycles. The Morgan fingerprint density at radius 3 is 1.38 bits per heavy atom. The number of rotatable bonds is 11. The van der Waals surface area contributed by atoms with Crippen LogP contribution in [0.1, 0.15) is 6.92 Å². The maximum atomic E-state index is 10.5. The van der Waals surface area contributed by atoms with Crippen molar-refractivity contribution in [2.24, 2.45) is 21.7 Å². The Morgan fingerprint density at radius 1 is 0.851 bits per heavy atom. The van der Waals surface area contributed by atoms with Gasteiger partial charge in [0.05, 0.1) is 51.7 Å². The van der Waals surface area contributed by atoms with Gasteiger partial charge in [-0.3, -0.25) is 0 Å². The summed E-state index contributed by atoms with van der Waals surface area (Å²) in [5, 5.41) is 53.8. The fraction of sp³-hybridized carbons (Fsp3) is 0.917. The number of thiol groups is 3. The molecule has 280 valence electrons. The van der Waals surface area contributed by atoms with Crippen LogP contribution in [0.25, 0.3) is 0 Å². The van der Waals surface area contributed by atoms with Crippen molar-refractivity contribution in [3.8, 4) is 0 Å². The van der Waals surface area contributed by atoms with Gasteiger partial charge in [-0.15, -0.1) is 0 Å². The molecule has 0 aliphatic carbocycles. The van der Waals surface area contributed by atoms with Crippen molar-refractivity contribution >= 4 is 137 Å². The van der Waals surface area contributed by atoms with Crippen molar-refractivity contribution in [3.05, 3.63) is 0 Å². The van der Waals surface area contributed by atoms with E-state index >= 15 is 0 Å². The van der Waals surface area contributed by atoms with Gasteiger partial charge in [-0.25, -0.2) is 9.59 Å². The van der Waals surface area contributed by atoms with Crippen LogP contribution >= 0.6 is 112 Å². The molecule has 1 spiro atoms. The Labute approximate surface area is 355 Å². The molecule has 0 saturated carbocycles. The summed E-state index contributed by atoms with van der Waals surface area (Å²) in [6.45, 7) is 3.22. The Hall–Kier alpha value is 3.16. The third kappa shape index (κ3) is 25.0. The van der Waals surface area contributed by atoms with Crippen molar-refractivity contribution in [2.75, 3.05) is 105 Å². The van der Waals surface area contributed by atoms with E-state index in [-0.39, 0.29) is 104 Å². The zero-order chi connectivity index (χ0) is 34.1. The van der Waals surface area contributed by atoms with Gasteiger partial charge in [0.15, 0.2) is 0 Å². The monoisotopic (exact) mass is 968 g/mol. The van der Waals surface area contributed by atoms with Gasteiger partial charge in [0.25, 0.3) is 0 Å². The summed E-state index contributed by atoms with van der Waals surface area (Å²) >= 11 is 19.1. The normalized spacial score (nSPS) is 16.9. The number of halogens is 3. The second kappa shape index (κ2) is 34.9. The van der Waals surface area contributed by atoms with Crippen molar-refractivity contribution in [1.82, 2.24) is 0 Å². The van der Waals surface area contributed by atoms with Crippen molar-refractivity contribution < 1.29 is 89.5 Å². The Bertz CT molecular complexity index is 674. The van der Waals surface area contributed by atoms with E-state index in [9.17, 15) is 9.59 Å². The number of cyclic esters (lactones) is 2. The van der Waals surface area contributed by atoms with Crippen molar-refractivity contribution in [3.63, 3.8) is 0 Å². The van der Waals surface area contributed by atoms with Gasteiger partial charge >= 0.3 is 41.1 Å². The van der Waals surface area contributed by atoms with Crippen LogP contribution in [0.2, 0.25) is 0 Å². The predicted octanol–water partition coefficient (Wildman–Crippen LogP) is -0.258. The molecule has 0 unspecified atom stereocenters. The first-order valence-corrected chi connectivity index (χ1v) is 21.9. The molecule has 0 amide bonds. The van der Waals surface area contributed by atoms with E-state index in [0.717, 1.165) is 23.0 Å². The molecule has 3 rings (SSSR count). The summed E-state index contributed by atoms with van der Waals surface area (Å²) in [4.78, 5) is 20.1. The van der Waals surface area contributed by atoms with Crippen LogP contribution in [0.15, 0.2) is 0 Å². The van der Waals surface area contributed by atoms with Gasteiger partial charge in [0.1, 0.15) is 13.2 Å². The number of carbonyl (C=O) groups is 2. The molecular weight excluding hydrogens is 923 g/mol. The Kier molecular flexibility index (Phi) is 44.1. The molecule has 3 aliphatic rings. The molecule has 0 bridgehead atoms. The average Bonchev–Trinajstić information content (AvgIpc) is 3.74. The van der Waals surface area contributed by atoms with Crippen LogP contribution in [0.3, 0.4) is 0 Å². The van der Waals surface area contributed by atoms with Gasteiger partial charge in [-0.2, -0.15) is 25.3 Å². The number of hydrogen-bond donors (Lipinski definition) is 8. The summed E-state index contributed by atoms with van der Waals surface area (Å²) in [7, 11) is 7.11. The number of aliphatic hydroxyl groups is 6. The minimum atomic E-state index is -0.738. The first-order valence-electron chi connectivity index (χ1n) is 13.0. The number of hydrogen-bond acceptors (Lipinski definition) is 18. The molecule has 3 aliphatic heterocycles. The van der Waals surface area contributed by atoms with Crippen LogP contribution in [0, 0.1) is 21.7 Å². The summed E-state index contributed by atoms with van der Waals surface area (Å²) in [6.07, 6.45) is -0.516. The number of carbonyl (C=O) groups excluding carboxylic acids is 2. The fourth-order valence-electron chi connectivity index (χ4n) is 2.32. The van der Waals surface area contributed by atoms with Crippen molar-refractivity contribution in [2.45, 2.75) is 6.92 Å². The molecule has 47 heavy (non-hydrogen) atoms. The van der Waals surface area contributed by atoms with Gasteiger partial charge in [-0.1, -0.05) is 75.0 Å². The molecule has 0 aromatic rings. The first-order chi connectivity index (χ1) is 20.9. The molecule has 12 nitrogen and oxygen atoms in total. The maximum Gasteiger partial charge on any atom is 1.00 e. The van der Waals surface area contributed by atoms with Crippen LogP contribution in [-0.4, -0.2) is 152 Å². The van der Waals surface area contributed by atoms with E-state index in [1.54, 1.807) is 28.5 Å². The van der Waals surface area contributed by atoms with Crippen molar-refractivity contribution in [1.29, 1.82) is 0 Å². The molecular formula is C24H48Br2ClNaO12S7. The second-order valence-corrected chi connectivity index (χ2v) is 17.1. The molecule has 0 aromatic carbocycles. The minimum Gasteiger partial charge on any atom is -0.813 e. The molecule has 3 fully saturated rings. The molecule has 23 heteroatoms. The van der Waals surface area contributed by atoms with Gasteiger partial charge in [0, 0.05) is 73.0 Å². The Morgan fingerprint density at radius 2 is 1.21 bits per heavy atom. The molecule has 0 radical (unpaired) electrons. The van der Waals surface area contributed by atoms with E-state index in [1.807, 2.05) is 21.6 Å². The van der Waals surface area contributed by atoms with E-state index in [1.165, 1.54) is 0 Å². The summed E-state index contributed by atoms with van der Waals surface area (Å²) in [6, 6.07) is 0. The zero-order valence-electron chi connectivity index (χ0n) is 26.4. The standard InChI is InChI=1S/C6H8O3S2.C5H10Br2O2.C5H10O2S2.C5H12O2S2.C3H5ClO2.Na.H2O.H2S/c7-5-8-1-6(2-9-5)3-10-11-4-6;6-1-5(2-7,3-8)4-9;6-1-5(2-7)3-8-9-4-5;6-1-5(2-7,3-8)4-9;1-2-6-3(4)5;;;/h1-4H2;8-9H,1-4H2;6-7H,1-4H2;6-9H,1-4H2;2H2,1H3;;2*1H2/q;;;;;+1;;/p-1. The van der Waals surface area contributed by atoms with E-state index < -0.39 is 17.0 Å². The molecule has 0 atom stereocenters. The maximum absolute atomic E-state index is 10.5. The number of ether oxygens (including phenoxy) is 3. The predicted molar refractivity (Wildman–Crippen MR) is 210 cm³/mol. The number of alkyl halides is 2. The van der Waals surface area contributed by atoms with Crippen LogP contribution < -0.4 is 29.6 Å². The smallest absolute Gasteiger partial charge is 0.813 e. The zero-order valence-corrected chi connectivity index (χ0v) is 38.2. The third-order valence-corrected chi connectivity index (χ3v) is 15.6. The average molecular weight is 971 g/mol. The summed E-state index contributed by atoms with van der Waals surface area (Å²) in [5.41, 5.74) is -1.69. The quantitative estimate of drug-likeness (QED) is 0.0255. The summed E-state index contributed by atoms with van der Waals surface area (Å²) in [5.74, 6) is 4.75. The third-order valence-electron chi connectivity index (χ3n) is 6.13. The van der Waals surface area contributed by atoms with Gasteiger partial charge < -0.3 is 63.8 Å². The van der Waals surface area contributed by atoms with E-state index in [2.05, 4.69) is 61.9 Å². The summed E-state index contributed by atoms with van der Waals surface area (Å²) < 4.78 is 13.8. The minimum absolute atomic E-state index is 0. The van der Waals surface area contributed by atoms with E-state index in [4.69, 9.17) is 51.7 Å². The first kappa shape index (κ1) is 59.4. The molecule has 3 saturated heterocycles. The topological polar surface area (TPSA) is 215 Å². The SMILES string of the molecule is CCOC(=O)Cl.O.O=C1OCC2(CO1)CSSC2.OCC(CO)(CBr)CBr.OCC(CO)(CS)CS.OCC1(CO)CSSC1.[Na+].[SH-]. The van der Waals surface area contributed by atoms with Gasteiger partial charge in [0.2, 0.25) is 0 Å². The second-order valence-electron chi connectivity index (χ2n) is 10.1. The Balaban J connectivity index is -0.000000156.